The van der Waals surface area contributed by atoms with Crippen molar-refractivity contribution in [3.05, 3.63) is 66.1 Å². The zero-order valence-corrected chi connectivity index (χ0v) is 15.1. The fraction of sp³-hybridized carbons (Fsp3) is 0.150. The Hall–Kier alpha value is -3.82. The molecule has 0 amide bonds. The lowest BCUT2D eigenvalue weighted by Gasteiger charge is -2.13. The molecule has 0 atom stereocenters. The van der Waals surface area contributed by atoms with E-state index in [9.17, 15) is 13.2 Å². The third kappa shape index (κ3) is 4.43. The van der Waals surface area contributed by atoms with Crippen molar-refractivity contribution in [2.45, 2.75) is 20.5 Å². The molecule has 3 heterocycles. The summed E-state index contributed by atoms with van der Waals surface area (Å²) in [5.41, 5.74) is 0.431. The highest BCUT2D eigenvalue weighted by atomic mass is 19.4. The molecule has 0 saturated heterocycles. The number of aromatic amines is 1. The van der Waals surface area contributed by atoms with Gasteiger partial charge >= 0.3 is 6.18 Å². The first-order chi connectivity index (χ1) is 13.9. The molecule has 3 aromatic heterocycles. The van der Waals surface area contributed by atoms with Crippen molar-refractivity contribution < 1.29 is 13.2 Å². The van der Waals surface area contributed by atoms with E-state index in [1.165, 1.54) is 18.2 Å². The van der Waals surface area contributed by atoms with E-state index in [4.69, 9.17) is 0 Å². The van der Waals surface area contributed by atoms with Crippen LogP contribution in [0.25, 0.3) is 22.8 Å². The maximum atomic E-state index is 13.5. The highest BCUT2D eigenvalue weighted by Crippen LogP contribution is 2.36. The molecular formula is C20H18F3N7. The number of benzene rings is 1. The molecular weight excluding hydrogens is 395 g/mol. The summed E-state index contributed by atoms with van der Waals surface area (Å²) in [6, 6.07) is 10.2. The Morgan fingerprint density at radius 2 is 1.63 bits per heavy atom. The van der Waals surface area contributed by atoms with Gasteiger partial charge in [-0.05, 0) is 25.1 Å². The minimum atomic E-state index is -4.55. The maximum Gasteiger partial charge on any atom is 0.417 e. The predicted molar refractivity (Wildman–Crippen MR) is 107 cm³/mol. The number of H-pyrrole nitrogens is 1. The number of anilines is 2. The first kappa shape index (κ1) is 20.9. The zero-order chi connectivity index (χ0) is 20.4. The molecule has 0 aliphatic rings. The van der Waals surface area contributed by atoms with Gasteiger partial charge in [0.05, 0.1) is 5.56 Å². The zero-order valence-electron chi connectivity index (χ0n) is 15.1. The fourth-order valence-electron chi connectivity index (χ4n) is 2.70. The van der Waals surface area contributed by atoms with E-state index in [0.717, 1.165) is 11.8 Å². The highest BCUT2D eigenvalue weighted by Gasteiger charge is 2.34. The minimum absolute atomic E-state index is 0. The molecule has 1 aromatic carbocycles. The summed E-state index contributed by atoms with van der Waals surface area (Å²) in [5.74, 6) is 0.619. The number of rotatable bonds is 4. The lowest BCUT2D eigenvalue weighted by atomic mass is 10.1. The minimum Gasteiger partial charge on any atom is -0.307 e. The van der Waals surface area contributed by atoms with E-state index in [2.05, 4.69) is 35.5 Å². The molecule has 154 valence electrons. The van der Waals surface area contributed by atoms with Crippen LogP contribution in [0.15, 0.2) is 54.9 Å². The number of pyridine rings is 1. The van der Waals surface area contributed by atoms with Crippen molar-refractivity contribution in [2.24, 2.45) is 0 Å². The number of nitrogens with zero attached hydrogens (tertiary/aromatic N) is 5. The molecule has 0 unspecified atom stereocenters. The van der Waals surface area contributed by atoms with Crippen LogP contribution in [0.1, 0.15) is 18.7 Å². The quantitative estimate of drug-likeness (QED) is 0.487. The molecule has 10 heteroatoms. The SMILES string of the molecule is C.Cc1cc(Nc2nc(-c3ccncc3)nc(-c3ccccc3C(F)(F)F)n2)n[nH]1. The Morgan fingerprint density at radius 1 is 0.933 bits per heavy atom. The Labute approximate surface area is 170 Å². The molecule has 0 bridgehead atoms. The third-order valence-corrected chi connectivity index (χ3v) is 3.99. The van der Waals surface area contributed by atoms with Gasteiger partial charge in [-0.2, -0.15) is 28.2 Å². The number of nitrogens with one attached hydrogen (secondary N) is 2. The molecule has 4 aromatic rings. The van der Waals surface area contributed by atoms with E-state index >= 15 is 0 Å². The van der Waals surface area contributed by atoms with Gasteiger partial charge in [0.1, 0.15) is 0 Å². The van der Waals surface area contributed by atoms with Crippen LogP contribution in [0.3, 0.4) is 0 Å². The van der Waals surface area contributed by atoms with Gasteiger partial charge in [0.15, 0.2) is 17.5 Å². The standard InChI is InChI=1S/C19H14F3N7.CH4/c1-11-10-15(29-28-11)24-18-26-16(12-6-8-23-9-7-12)25-17(27-18)13-4-2-3-5-14(13)19(20,21)22;/h2-10H,1H3,(H2,24,25,26,27,28,29);1H4. The van der Waals surface area contributed by atoms with E-state index in [0.29, 0.717) is 11.4 Å². The summed E-state index contributed by atoms with van der Waals surface area (Å²) in [5, 5.41) is 9.72. The van der Waals surface area contributed by atoms with Gasteiger partial charge in [-0.1, -0.05) is 25.6 Å². The molecule has 0 spiro atoms. The Balaban J connectivity index is 0.00000256. The molecule has 0 aliphatic heterocycles. The Morgan fingerprint density at radius 3 is 2.30 bits per heavy atom. The topological polar surface area (TPSA) is 92.3 Å². The molecule has 4 rings (SSSR count). The smallest absolute Gasteiger partial charge is 0.307 e. The number of halogens is 3. The largest absolute Gasteiger partial charge is 0.417 e. The van der Waals surface area contributed by atoms with Crippen LogP contribution < -0.4 is 5.32 Å². The summed E-state index contributed by atoms with van der Waals surface area (Å²) in [7, 11) is 0. The summed E-state index contributed by atoms with van der Waals surface area (Å²) >= 11 is 0. The van der Waals surface area contributed by atoms with E-state index < -0.39 is 11.7 Å². The summed E-state index contributed by atoms with van der Waals surface area (Å²) in [4.78, 5) is 16.8. The second-order valence-corrected chi connectivity index (χ2v) is 6.15. The average molecular weight is 413 g/mol. The molecule has 30 heavy (non-hydrogen) atoms. The average Bonchev–Trinajstić information content (AvgIpc) is 3.12. The van der Waals surface area contributed by atoms with Gasteiger partial charge in [0.2, 0.25) is 5.95 Å². The van der Waals surface area contributed by atoms with Gasteiger partial charge in [0, 0.05) is 35.3 Å². The van der Waals surface area contributed by atoms with Gasteiger partial charge in [-0.15, -0.1) is 0 Å². The second kappa shape index (κ2) is 8.27. The predicted octanol–water partition coefficient (Wildman–Crippen LogP) is 5.03. The van der Waals surface area contributed by atoms with Crippen LogP contribution in [-0.2, 0) is 6.18 Å². The van der Waals surface area contributed by atoms with E-state index in [-0.39, 0.29) is 30.6 Å². The van der Waals surface area contributed by atoms with Gasteiger partial charge in [-0.3, -0.25) is 10.1 Å². The Kier molecular flexibility index (Phi) is 5.77. The Bertz CT molecular complexity index is 1140. The number of alkyl halides is 3. The molecule has 0 aliphatic carbocycles. The third-order valence-electron chi connectivity index (χ3n) is 3.99. The van der Waals surface area contributed by atoms with E-state index in [1.54, 1.807) is 30.6 Å². The molecule has 7 nitrogen and oxygen atoms in total. The van der Waals surface area contributed by atoms with E-state index in [1.807, 2.05) is 6.92 Å². The lowest BCUT2D eigenvalue weighted by Crippen LogP contribution is -2.09. The van der Waals surface area contributed by atoms with Crippen LogP contribution in [0.4, 0.5) is 24.9 Å². The van der Waals surface area contributed by atoms with Crippen LogP contribution in [0, 0.1) is 6.92 Å². The number of hydrogen-bond acceptors (Lipinski definition) is 6. The van der Waals surface area contributed by atoms with Crippen molar-refractivity contribution in [1.29, 1.82) is 0 Å². The summed E-state index contributed by atoms with van der Waals surface area (Å²) in [6.07, 6.45) is -1.45. The summed E-state index contributed by atoms with van der Waals surface area (Å²) in [6.45, 7) is 1.82. The van der Waals surface area contributed by atoms with Crippen molar-refractivity contribution in [1.82, 2.24) is 30.1 Å². The molecule has 0 saturated carbocycles. The highest BCUT2D eigenvalue weighted by molar-refractivity contribution is 5.66. The summed E-state index contributed by atoms with van der Waals surface area (Å²) < 4.78 is 40.5. The maximum absolute atomic E-state index is 13.5. The number of hydrogen-bond donors (Lipinski definition) is 2. The van der Waals surface area contributed by atoms with Crippen molar-refractivity contribution in [3.8, 4) is 22.8 Å². The monoisotopic (exact) mass is 413 g/mol. The number of aryl methyl sites for hydroxylation is 1. The molecule has 0 fully saturated rings. The lowest BCUT2D eigenvalue weighted by molar-refractivity contribution is -0.137. The first-order valence-electron chi connectivity index (χ1n) is 8.52. The molecule has 2 N–H and O–H groups in total. The van der Waals surface area contributed by atoms with Crippen LogP contribution in [-0.4, -0.2) is 30.1 Å². The van der Waals surface area contributed by atoms with Crippen molar-refractivity contribution in [3.63, 3.8) is 0 Å². The fourth-order valence-corrected chi connectivity index (χ4v) is 2.70. The van der Waals surface area contributed by atoms with Crippen LogP contribution in [0.2, 0.25) is 0 Å². The first-order valence-corrected chi connectivity index (χ1v) is 8.52. The van der Waals surface area contributed by atoms with Crippen molar-refractivity contribution >= 4 is 11.8 Å². The molecule has 0 radical (unpaired) electrons. The van der Waals surface area contributed by atoms with Crippen LogP contribution >= 0.6 is 0 Å². The van der Waals surface area contributed by atoms with Gasteiger partial charge in [-0.25, -0.2) is 4.98 Å². The number of aromatic nitrogens is 6. The van der Waals surface area contributed by atoms with Crippen LogP contribution in [0.5, 0.6) is 0 Å². The normalized spacial score (nSPS) is 11.1. The second-order valence-electron chi connectivity index (χ2n) is 6.15. The van der Waals surface area contributed by atoms with Gasteiger partial charge in [0.25, 0.3) is 0 Å². The van der Waals surface area contributed by atoms with Gasteiger partial charge < -0.3 is 5.32 Å². The van der Waals surface area contributed by atoms with Crippen molar-refractivity contribution in [2.75, 3.05) is 5.32 Å².